The first-order valence-electron chi connectivity index (χ1n) is 6.00. The van der Waals surface area contributed by atoms with Gasteiger partial charge in [0.05, 0.1) is 5.52 Å². The molecule has 0 spiro atoms. The number of nitrogens with zero attached hydrogens (tertiary/aromatic N) is 2. The molecule has 1 heterocycles. The standard InChI is InChI=1S/C16H10ClN3/c1-2-11-4-3-5-13(8-11)20-16-14-9-12(17)6-7-15(14)18-10-19-16/h1,3-10H,(H,18,19,20). The van der Waals surface area contributed by atoms with Gasteiger partial charge in [0.2, 0.25) is 0 Å². The Balaban J connectivity index is 2.06. The van der Waals surface area contributed by atoms with Gasteiger partial charge in [-0.25, -0.2) is 9.97 Å². The fourth-order valence-corrected chi connectivity index (χ4v) is 2.12. The van der Waals surface area contributed by atoms with Crippen LogP contribution in [0.1, 0.15) is 5.56 Å². The largest absolute Gasteiger partial charge is 0.340 e. The quantitative estimate of drug-likeness (QED) is 0.720. The van der Waals surface area contributed by atoms with Gasteiger partial charge in [0.25, 0.3) is 0 Å². The molecular weight excluding hydrogens is 270 g/mol. The van der Waals surface area contributed by atoms with Gasteiger partial charge in [0.1, 0.15) is 12.1 Å². The van der Waals surface area contributed by atoms with Crippen molar-refractivity contribution in [2.45, 2.75) is 0 Å². The van der Waals surface area contributed by atoms with Crippen LogP contribution < -0.4 is 5.32 Å². The summed E-state index contributed by atoms with van der Waals surface area (Å²) in [5.41, 5.74) is 2.52. The average Bonchev–Trinajstić information content (AvgIpc) is 2.48. The van der Waals surface area contributed by atoms with Gasteiger partial charge in [-0.1, -0.05) is 23.6 Å². The summed E-state index contributed by atoms with van der Waals surface area (Å²) in [6, 6.07) is 13.1. The Bertz CT molecular complexity index is 821. The number of hydrogen-bond acceptors (Lipinski definition) is 3. The third kappa shape index (κ3) is 2.42. The van der Waals surface area contributed by atoms with E-state index in [0.717, 1.165) is 22.2 Å². The molecule has 0 aliphatic carbocycles. The second-order valence-electron chi connectivity index (χ2n) is 4.23. The zero-order chi connectivity index (χ0) is 13.9. The van der Waals surface area contributed by atoms with Crippen LogP contribution in [0.25, 0.3) is 10.9 Å². The van der Waals surface area contributed by atoms with Crippen molar-refractivity contribution in [3.63, 3.8) is 0 Å². The van der Waals surface area contributed by atoms with E-state index < -0.39 is 0 Å². The van der Waals surface area contributed by atoms with Crippen LogP contribution in [0, 0.1) is 12.3 Å². The third-order valence-electron chi connectivity index (χ3n) is 2.89. The summed E-state index contributed by atoms with van der Waals surface area (Å²) in [5, 5.41) is 4.76. The Morgan fingerprint density at radius 1 is 1.10 bits per heavy atom. The third-order valence-corrected chi connectivity index (χ3v) is 3.12. The summed E-state index contributed by atoms with van der Waals surface area (Å²) >= 11 is 6.03. The highest BCUT2D eigenvalue weighted by Gasteiger charge is 2.05. The van der Waals surface area contributed by atoms with Gasteiger partial charge >= 0.3 is 0 Å². The minimum absolute atomic E-state index is 0.646. The normalized spacial score (nSPS) is 10.2. The molecule has 20 heavy (non-hydrogen) atoms. The molecule has 0 aliphatic rings. The Morgan fingerprint density at radius 3 is 2.85 bits per heavy atom. The highest BCUT2D eigenvalue weighted by Crippen LogP contribution is 2.25. The smallest absolute Gasteiger partial charge is 0.141 e. The van der Waals surface area contributed by atoms with Gasteiger partial charge in [-0.15, -0.1) is 6.42 Å². The molecule has 1 aromatic heterocycles. The van der Waals surface area contributed by atoms with E-state index in [0.29, 0.717) is 10.8 Å². The number of benzene rings is 2. The summed E-state index contributed by atoms with van der Waals surface area (Å²) in [6.45, 7) is 0. The van der Waals surface area contributed by atoms with Crippen LogP contribution in [0.15, 0.2) is 48.8 Å². The van der Waals surface area contributed by atoms with E-state index in [1.54, 1.807) is 6.07 Å². The molecular formula is C16H10ClN3. The van der Waals surface area contributed by atoms with Crippen molar-refractivity contribution < 1.29 is 0 Å². The first-order chi connectivity index (χ1) is 9.76. The molecule has 0 amide bonds. The number of halogens is 1. The minimum Gasteiger partial charge on any atom is -0.340 e. The predicted molar refractivity (Wildman–Crippen MR) is 82.2 cm³/mol. The molecule has 2 aromatic carbocycles. The van der Waals surface area contributed by atoms with E-state index in [1.807, 2.05) is 36.4 Å². The van der Waals surface area contributed by atoms with Crippen LogP contribution in [0.2, 0.25) is 5.02 Å². The van der Waals surface area contributed by atoms with Crippen molar-refractivity contribution in [1.82, 2.24) is 9.97 Å². The highest BCUT2D eigenvalue weighted by atomic mass is 35.5. The topological polar surface area (TPSA) is 37.8 Å². The fourth-order valence-electron chi connectivity index (χ4n) is 1.95. The average molecular weight is 280 g/mol. The van der Waals surface area contributed by atoms with Gasteiger partial charge in [-0.2, -0.15) is 0 Å². The number of nitrogens with one attached hydrogen (secondary N) is 1. The Morgan fingerprint density at radius 2 is 2.00 bits per heavy atom. The molecule has 3 aromatic rings. The number of fused-ring (bicyclic) bond motifs is 1. The van der Waals surface area contributed by atoms with E-state index in [9.17, 15) is 0 Å². The summed E-state index contributed by atoms with van der Waals surface area (Å²) in [6.07, 6.45) is 6.92. The maximum absolute atomic E-state index is 6.03. The van der Waals surface area contributed by atoms with Crippen LogP contribution in [0.3, 0.4) is 0 Å². The summed E-state index contributed by atoms with van der Waals surface area (Å²) in [5.74, 6) is 3.31. The second-order valence-corrected chi connectivity index (χ2v) is 4.67. The van der Waals surface area contributed by atoms with Crippen molar-refractivity contribution in [1.29, 1.82) is 0 Å². The SMILES string of the molecule is C#Cc1cccc(Nc2ncnc3ccc(Cl)cc23)c1. The van der Waals surface area contributed by atoms with Crippen LogP contribution in [-0.2, 0) is 0 Å². The molecule has 0 fully saturated rings. The van der Waals surface area contributed by atoms with Crippen LogP contribution in [-0.4, -0.2) is 9.97 Å². The predicted octanol–water partition coefficient (Wildman–Crippen LogP) is 4.01. The van der Waals surface area contributed by atoms with Crippen molar-refractivity contribution in [3.8, 4) is 12.3 Å². The maximum atomic E-state index is 6.03. The lowest BCUT2D eigenvalue weighted by molar-refractivity contribution is 1.22. The fraction of sp³-hybridized carbons (Fsp3) is 0. The summed E-state index contributed by atoms with van der Waals surface area (Å²) in [4.78, 5) is 8.48. The maximum Gasteiger partial charge on any atom is 0.141 e. The first kappa shape index (κ1) is 12.5. The van der Waals surface area contributed by atoms with E-state index in [1.165, 1.54) is 6.33 Å². The van der Waals surface area contributed by atoms with Crippen molar-refractivity contribution >= 4 is 34.0 Å². The molecule has 0 saturated carbocycles. The number of terminal acetylenes is 1. The first-order valence-corrected chi connectivity index (χ1v) is 6.38. The van der Waals surface area contributed by atoms with Crippen molar-refractivity contribution in [2.24, 2.45) is 0 Å². The molecule has 0 unspecified atom stereocenters. The Labute approximate surface area is 121 Å². The van der Waals surface area contributed by atoms with Crippen LogP contribution in [0.5, 0.6) is 0 Å². The van der Waals surface area contributed by atoms with Crippen molar-refractivity contribution in [2.75, 3.05) is 5.32 Å². The molecule has 1 N–H and O–H groups in total. The van der Waals surface area contributed by atoms with E-state index in [-0.39, 0.29) is 0 Å². The highest BCUT2D eigenvalue weighted by molar-refractivity contribution is 6.31. The molecule has 0 atom stereocenters. The van der Waals surface area contributed by atoms with Gasteiger partial charge in [0, 0.05) is 21.7 Å². The Hall–Kier alpha value is -2.57. The molecule has 0 radical (unpaired) electrons. The molecule has 0 aliphatic heterocycles. The van der Waals surface area contributed by atoms with Crippen LogP contribution in [0.4, 0.5) is 11.5 Å². The lowest BCUT2D eigenvalue weighted by Crippen LogP contribution is -1.96. The Kier molecular flexibility index (Phi) is 3.24. The van der Waals surface area contributed by atoms with E-state index in [2.05, 4.69) is 21.2 Å². The molecule has 3 rings (SSSR count). The van der Waals surface area contributed by atoms with E-state index >= 15 is 0 Å². The summed E-state index contributed by atoms with van der Waals surface area (Å²) < 4.78 is 0. The van der Waals surface area contributed by atoms with E-state index in [4.69, 9.17) is 18.0 Å². The minimum atomic E-state index is 0.646. The number of rotatable bonds is 2. The number of aromatic nitrogens is 2. The van der Waals surface area contributed by atoms with Crippen LogP contribution >= 0.6 is 11.6 Å². The monoisotopic (exact) mass is 279 g/mol. The molecule has 0 bridgehead atoms. The number of anilines is 2. The summed E-state index contributed by atoms with van der Waals surface area (Å²) in [7, 11) is 0. The lowest BCUT2D eigenvalue weighted by Gasteiger charge is -2.08. The molecule has 0 saturated heterocycles. The second kappa shape index (κ2) is 5.20. The molecule has 4 heteroatoms. The van der Waals surface area contributed by atoms with Gasteiger partial charge in [-0.3, -0.25) is 0 Å². The van der Waals surface area contributed by atoms with Crippen molar-refractivity contribution in [3.05, 3.63) is 59.4 Å². The molecule has 96 valence electrons. The lowest BCUT2D eigenvalue weighted by atomic mass is 10.2. The van der Waals surface area contributed by atoms with Gasteiger partial charge in [0.15, 0.2) is 0 Å². The zero-order valence-corrected chi connectivity index (χ0v) is 11.2. The molecule has 3 nitrogen and oxygen atoms in total. The van der Waals surface area contributed by atoms with Gasteiger partial charge in [-0.05, 0) is 36.4 Å². The number of hydrogen-bond donors (Lipinski definition) is 1. The zero-order valence-electron chi connectivity index (χ0n) is 10.5. The van der Waals surface area contributed by atoms with Gasteiger partial charge < -0.3 is 5.32 Å².